The third kappa shape index (κ3) is 4.15. The van der Waals surface area contributed by atoms with Crippen molar-refractivity contribution in [2.45, 2.75) is 6.92 Å². The topological polar surface area (TPSA) is 120 Å². The van der Waals surface area contributed by atoms with Crippen LogP contribution in [0.25, 0.3) is 22.6 Å². The van der Waals surface area contributed by atoms with Crippen molar-refractivity contribution in [2.75, 3.05) is 50.6 Å². The lowest BCUT2D eigenvalue weighted by molar-refractivity contribution is 0.102. The third-order valence-electron chi connectivity index (χ3n) is 5.92. The summed E-state index contributed by atoms with van der Waals surface area (Å²) in [5.41, 5.74) is 5.29. The summed E-state index contributed by atoms with van der Waals surface area (Å²) in [5.74, 6) is 1.53. The van der Waals surface area contributed by atoms with E-state index in [2.05, 4.69) is 41.8 Å². The molecule has 3 heterocycles. The van der Waals surface area contributed by atoms with Crippen LogP contribution in [-0.4, -0.2) is 66.5 Å². The van der Waals surface area contributed by atoms with Gasteiger partial charge in [0.15, 0.2) is 17.3 Å². The number of hydrogen-bond donors (Lipinski definition) is 4. The lowest BCUT2D eigenvalue weighted by atomic mass is 10.1. The Morgan fingerprint density at radius 3 is 2.59 bits per heavy atom. The number of nitrogens with one attached hydrogen (secondary N) is 4. The first-order valence-corrected chi connectivity index (χ1v) is 11.1. The molecule has 1 aliphatic rings. The van der Waals surface area contributed by atoms with Gasteiger partial charge >= 0.3 is 0 Å². The molecule has 0 unspecified atom stereocenters. The number of hydrogen-bond acceptors (Lipinski definition) is 7. The third-order valence-corrected chi connectivity index (χ3v) is 5.92. The van der Waals surface area contributed by atoms with Crippen molar-refractivity contribution in [3.63, 3.8) is 0 Å². The monoisotopic (exact) mass is 461 g/mol. The maximum atomic E-state index is 13.2. The fourth-order valence-corrected chi connectivity index (χ4v) is 4.21. The van der Waals surface area contributed by atoms with Crippen molar-refractivity contribution in [3.05, 3.63) is 47.7 Å². The standard InChI is InChI=1S/C24H27N7O3/c1-14-8-15(10-16(9-14)31-6-4-25-5-7-31)24(32)29-19-13-26-30-22(19)23-27-17-11-20(33-2)21(34-3)12-18(17)28-23/h8-13,25H,4-7H2,1-3H3,(H,26,30)(H,27,28)(H,29,32). The number of aryl methyl sites for hydroxylation is 1. The van der Waals surface area contributed by atoms with Crippen LogP contribution in [0.2, 0.25) is 0 Å². The highest BCUT2D eigenvalue weighted by Gasteiger charge is 2.19. The Hall–Kier alpha value is -4.05. The van der Waals surface area contributed by atoms with Crippen molar-refractivity contribution in [3.8, 4) is 23.0 Å². The molecule has 2 aromatic carbocycles. The zero-order valence-corrected chi connectivity index (χ0v) is 19.4. The molecule has 1 saturated heterocycles. The van der Waals surface area contributed by atoms with E-state index in [4.69, 9.17) is 9.47 Å². The SMILES string of the molecule is COc1cc2nc(-c3[nH]ncc3NC(=O)c3cc(C)cc(N4CCNCC4)c3)[nH]c2cc1OC. The number of fused-ring (bicyclic) bond motifs is 1. The number of carbonyl (C=O) groups is 1. The molecule has 0 bridgehead atoms. The molecule has 0 saturated carbocycles. The highest BCUT2D eigenvalue weighted by atomic mass is 16.5. The summed E-state index contributed by atoms with van der Waals surface area (Å²) in [6, 6.07) is 9.56. The Bertz CT molecular complexity index is 1300. The quantitative estimate of drug-likeness (QED) is 0.348. The highest BCUT2D eigenvalue weighted by molar-refractivity contribution is 6.06. The minimum atomic E-state index is -0.206. The predicted molar refractivity (Wildman–Crippen MR) is 131 cm³/mol. The molecule has 0 atom stereocenters. The number of amides is 1. The van der Waals surface area contributed by atoms with Gasteiger partial charge in [-0.2, -0.15) is 5.10 Å². The molecule has 10 nitrogen and oxygen atoms in total. The number of imidazole rings is 1. The zero-order chi connectivity index (χ0) is 23.7. The Balaban J connectivity index is 1.42. The van der Waals surface area contributed by atoms with Gasteiger partial charge in [0.1, 0.15) is 5.69 Å². The van der Waals surface area contributed by atoms with Gasteiger partial charge in [0.25, 0.3) is 5.91 Å². The maximum absolute atomic E-state index is 13.2. The first kappa shape index (κ1) is 21.8. The summed E-state index contributed by atoms with van der Waals surface area (Å²) in [7, 11) is 3.17. The number of nitrogens with zero attached hydrogens (tertiary/aromatic N) is 3. The smallest absolute Gasteiger partial charge is 0.255 e. The Morgan fingerprint density at radius 2 is 1.82 bits per heavy atom. The maximum Gasteiger partial charge on any atom is 0.255 e. The number of benzene rings is 2. The van der Waals surface area contributed by atoms with Crippen LogP contribution in [0.4, 0.5) is 11.4 Å². The molecule has 1 fully saturated rings. The number of ether oxygens (including phenoxy) is 2. The van der Waals surface area contributed by atoms with Crippen molar-refractivity contribution in [2.24, 2.45) is 0 Å². The van der Waals surface area contributed by atoms with Gasteiger partial charge in [-0.15, -0.1) is 0 Å². The molecule has 5 rings (SSSR count). The molecule has 4 aromatic rings. The van der Waals surface area contributed by atoms with E-state index < -0.39 is 0 Å². The van der Waals surface area contributed by atoms with E-state index >= 15 is 0 Å². The largest absolute Gasteiger partial charge is 0.493 e. The molecule has 0 aliphatic carbocycles. The highest BCUT2D eigenvalue weighted by Crippen LogP contribution is 2.33. The van der Waals surface area contributed by atoms with Gasteiger partial charge in [-0.05, 0) is 30.7 Å². The van der Waals surface area contributed by atoms with Gasteiger partial charge in [-0.1, -0.05) is 0 Å². The van der Waals surface area contributed by atoms with Gasteiger partial charge in [-0.25, -0.2) is 4.98 Å². The molecule has 2 aromatic heterocycles. The van der Waals surface area contributed by atoms with E-state index in [1.807, 2.05) is 25.1 Å². The number of aromatic amines is 2. The van der Waals surface area contributed by atoms with E-state index in [9.17, 15) is 4.79 Å². The van der Waals surface area contributed by atoms with Crippen molar-refractivity contribution < 1.29 is 14.3 Å². The van der Waals surface area contributed by atoms with Crippen LogP contribution in [0.3, 0.4) is 0 Å². The van der Waals surface area contributed by atoms with Crippen LogP contribution < -0.4 is 25.0 Å². The number of piperazine rings is 1. The fourth-order valence-electron chi connectivity index (χ4n) is 4.21. The van der Waals surface area contributed by atoms with Gasteiger partial charge in [-0.3, -0.25) is 9.89 Å². The van der Waals surface area contributed by atoms with Crippen LogP contribution >= 0.6 is 0 Å². The van der Waals surface area contributed by atoms with Crippen LogP contribution in [0, 0.1) is 6.92 Å². The molecule has 0 spiro atoms. The minimum Gasteiger partial charge on any atom is -0.493 e. The first-order chi connectivity index (χ1) is 16.6. The van der Waals surface area contributed by atoms with Crippen molar-refractivity contribution in [1.29, 1.82) is 0 Å². The number of rotatable bonds is 6. The normalized spacial score (nSPS) is 13.8. The van der Waals surface area contributed by atoms with E-state index in [0.29, 0.717) is 39.8 Å². The Morgan fingerprint density at radius 1 is 1.06 bits per heavy atom. The number of carbonyl (C=O) groups excluding carboxylic acids is 1. The predicted octanol–water partition coefficient (Wildman–Crippen LogP) is 2.94. The Kier molecular flexibility index (Phi) is 5.81. The second kappa shape index (κ2) is 9.06. The fraction of sp³-hybridized carbons (Fsp3) is 0.292. The number of H-pyrrole nitrogens is 2. The van der Waals surface area contributed by atoms with Gasteiger partial charge < -0.3 is 30.0 Å². The molecular weight excluding hydrogens is 434 g/mol. The van der Waals surface area contributed by atoms with Gasteiger partial charge in [0.05, 0.1) is 37.1 Å². The molecule has 1 aliphatic heterocycles. The van der Waals surface area contributed by atoms with Crippen LogP contribution in [0.1, 0.15) is 15.9 Å². The summed E-state index contributed by atoms with van der Waals surface area (Å²) in [6.07, 6.45) is 1.58. The number of anilines is 2. The average Bonchev–Trinajstić information content (AvgIpc) is 3.49. The summed E-state index contributed by atoms with van der Waals surface area (Å²) < 4.78 is 10.7. The summed E-state index contributed by atoms with van der Waals surface area (Å²) in [6.45, 7) is 5.70. The van der Waals surface area contributed by atoms with E-state index in [0.717, 1.165) is 42.9 Å². The molecule has 4 N–H and O–H groups in total. The number of aromatic nitrogens is 4. The molecular formula is C24H27N7O3. The average molecular weight is 462 g/mol. The van der Waals surface area contributed by atoms with Gasteiger partial charge in [0, 0.05) is 49.6 Å². The lowest BCUT2D eigenvalue weighted by Gasteiger charge is -2.30. The first-order valence-electron chi connectivity index (χ1n) is 11.1. The second-order valence-corrected chi connectivity index (χ2v) is 8.22. The van der Waals surface area contributed by atoms with Crippen molar-refractivity contribution >= 4 is 28.3 Å². The lowest BCUT2D eigenvalue weighted by Crippen LogP contribution is -2.43. The van der Waals surface area contributed by atoms with E-state index in [-0.39, 0.29) is 5.91 Å². The molecule has 34 heavy (non-hydrogen) atoms. The molecule has 176 valence electrons. The van der Waals surface area contributed by atoms with E-state index in [1.165, 1.54) is 0 Å². The molecule has 10 heteroatoms. The minimum absolute atomic E-state index is 0.206. The summed E-state index contributed by atoms with van der Waals surface area (Å²) in [4.78, 5) is 23.4. The van der Waals surface area contributed by atoms with Crippen LogP contribution in [-0.2, 0) is 0 Å². The Labute approximate surface area is 196 Å². The molecule has 1 amide bonds. The number of methoxy groups -OCH3 is 2. The second-order valence-electron chi connectivity index (χ2n) is 8.22. The molecule has 0 radical (unpaired) electrons. The summed E-state index contributed by atoms with van der Waals surface area (Å²) >= 11 is 0. The van der Waals surface area contributed by atoms with Crippen molar-refractivity contribution in [1.82, 2.24) is 25.5 Å². The summed E-state index contributed by atoms with van der Waals surface area (Å²) in [5, 5.41) is 13.4. The zero-order valence-electron chi connectivity index (χ0n) is 19.4. The van der Waals surface area contributed by atoms with Crippen LogP contribution in [0.5, 0.6) is 11.5 Å². The van der Waals surface area contributed by atoms with Gasteiger partial charge in [0.2, 0.25) is 0 Å². The van der Waals surface area contributed by atoms with E-state index in [1.54, 1.807) is 26.5 Å². The van der Waals surface area contributed by atoms with Crippen LogP contribution in [0.15, 0.2) is 36.5 Å².